The number of hydrogen-bond donors (Lipinski definition) is 0. The van der Waals surface area contributed by atoms with Crippen LogP contribution in [-0.2, 0) is 9.59 Å². The van der Waals surface area contributed by atoms with Gasteiger partial charge in [-0.25, -0.2) is 4.39 Å². The number of ketones is 1. The number of carbonyl (C=O) groups is 2. The van der Waals surface area contributed by atoms with Crippen molar-refractivity contribution >= 4 is 12.1 Å². The molecule has 0 aromatic carbocycles. The van der Waals surface area contributed by atoms with Gasteiger partial charge >= 0.3 is 0 Å². The third kappa shape index (κ3) is 1.40. The summed E-state index contributed by atoms with van der Waals surface area (Å²) in [5, 5.41) is 0. The van der Waals surface area contributed by atoms with Gasteiger partial charge in [-0.15, -0.1) is 0 Å². The van der Waals surface area contributed by atoms with Crippen molar-refractivity contribution in [2.24, 2.45) is 5.92 Å². The molecule has 1 aliphatic rings. The lowest BCUT2D eigenvalue weighted by molar-refractivity contribution is -0.130. The predicted molar refractivity (Wildman–Crippen MR) is 33.3 cm³/mol. The molecule has 1 fully saturated rings. The van der Waals surface area contributed by atoms with Gasteiger partial charge in [-0.05, 0) is 12.8 Å². The molecule has 56 valence electrons. The molecule has 0 heterocycles. The molecule has 3 heteroatoms. The van der Waals surface area contributed by atoms with Gasteiger partial charge in [-0.2, -0.15) is 0 Å². The smallest absolute Gasteiger partial charge is 0.143 e. The van der Waals surface area contributed by atoms with Gasteiger partial charge in [0.05, 0.1) is 5.92 Å². The summed E-state index contributed by atoms with van der Waals surface area (Å²) < 4.78 is 12.5. The van der Waals surface area contributed by atoms with E-state index in [4.69, 9.17) is 0 Å². The maximum Gasteiger partial charge on any atom is 0.143 e. The number of aldehydes is 1. The number of halogens is 1. The van der Waals surface area contributed by atoms with Crippen LogP contribution in [0.1, 0.15) is 19.3 Å². The average molecular weight is 144 g/mol. The summed E-state index contributed by atoms with van der Waals surface area (Å²) in [7, 11) is 0. The standard InChI is InChI=1S/C7H9FO2/c8-6-1-2-7(10)5(3-6)4-9/h4-6H,1-3H2. The summed E-state index contributed by atoms with van der Waals surface area (Å²) in [5.41, 5.74) is 0. The molecule has 1 rings (SSSR count). The van der Waals surface area contributed by atoms with Crippen molar-refractivity contribution in [3.63, 3.8) is 0 Å². The van der Waals surface area contributed by atoms with Crippen molar-refractivity contribution in [3.05, 3.63) is 0 Å². The first kappa shape index (κ1) is 7.38. The minimum absolute atomic E-state index is 0.0995. The second kappa shape index (κ2) is 2.90. The summed E-state index contributed by atoms with van der Waals surface area (Å²) in [5.74, 6) is -0.771. The highest BCUT2D eigenvalue weighted by Gasteiger charge is 2.27. The van der Waals surface area contributed by atoms with Crippen molar-refractivity contribution in [2.45, 2.75) is 25.4 Å². The van der Waals surface area contributed by atoms with Gasteiger partial charge in [0.15, 0.2) is 0 Å². The van der Waals surface area contributed by atoms with E-state index in [1.54, 1.807) is 0 Å². The van der Waals surface area contributed by atoms with Crippen LogP contribution in [0.15, 0.2) is 0 Å². The Bertz CT molecular complexity index is 156. The molecule has 0 spiro atoms. The summed E-state index contributed by atoms with van der Waals surface area (Å²) in [4.78, 5) is 20.9. The van der Waals surface area contributed by atoms with Crippen molar-refractivity contribution in [1.82, 2.24) is 0 Å². The fourth-order valence-corrected chi connectivity index (χ4v) is 1.14. The van der Waals surface area contributed by atoms with Crippen LogP contribution in [0.2, 0.25) is 0 Å². The monoisotopic (exact) mass is 144 g/mol. The molecule has 0 aromatic heterocycles. The molecule has 0 aliphatic heterocycles. The third-order valence-electron chi connectivity index (χ3n) is 1.79. The number of Topliss-reactive ketones (excluding diaryl/α,β-unsaturated/α-hetero) is 1. The van der Waals surface area contributed by atoms with Gasteiger partial charge in [0, 0.05) is 6.42 Å². The predicted octanol–water partition coefficient (Wildman–Crippen LogP) is 0.893. The molecule has 0 N–H and O–H groups in total. The highest BCUT2D eigenvalue weighted by molar-refractivity contribution is 5.93. The summed E-state index contributed by atoms with van der Waals surface area (Å²) >= 11 is 0. The SMILES string of the molecule is O=CC1CC(F)CCC1=O. The van der Waals surface area contributed by atoms with Crippen molar-refractivity contribution < 1.29 is 14.0 Å². The second-order valence-electron chi connectivity index (χ2n) is 2.58. The van der Waals surface area contributed by atoms with E-state index in [2.05, 4.69) is 0 Å². The summed E-state index contributed by atoms with van der Waals surface area (Å²) in [6.45, 7) is 0. The Kier molecular flexibility index (Phi) is 2.14. The molecule has 0 aromatic rings. The van der Waals surface area contributed by atoms with Crippen LogP contribution < -0.4 is 0 Å². The normalized spacial score (nSPS) is 33.9. The minimum Gasteiger partial charge on any atom is -0.303 e. The van der Waals surface area contributed by atoms with E-state index < -0.39 is 12.1 Å². The zero-order valence-corrected chi connectivity index (χ0v) is 5.55. The van der Waals surface area contributed by atoms with Gasteiger partial charge in [0.25, 0.3) is 0 Å². The Balaban J connectivity index is 2.53. The molecule has 2 unspecified atom stereocenters. The van der Waals surface area contributed by atoms with Crippen LogP contribution >= 0.6 is 0 Å². The van der Waals surface area contributed by atoms with Crippen LogP contribution in [0.4, 0.5) is 4.39 Å². The minimum atomic E-state index is -0.951. The molecule has 2 atom stereocenters. The Hall–Kier alpha value is -0.730. The van der Waals surface area contributed by atoms with Gasteiger partial charge in [-0.3, -0.25) is 4.79 Å². The first-order chi connectivity index (χ1) is 4.74. The maximum absolute atomic E-state index is 12.5. The first-order valence-corrected chi connectivity index (χ1v) is 3.36. The Morgan fingerprint density at radius 3 is 2.80 bits per heavy atom. The molecule has 0 radical (unpaired) electrons. The molecule has 2 nitrogen and oxygen atoms in total. The van der Waals surface area contributed by atoms with Crippen molar-refractivity contribution in [3.8, 4) is 0 Å². The molecule has 0 bridgehead atoms. The molecule has 0 amide bonds. The lowest BCUT2D eigenvalue weighted by atomic mass is 9.88. The quantitative estimate of drug-likeness (QED) is 0.404. The first-order valence-electron chi connectivity index (χ1n) is 3.36. The summed E-state index contributed by atoms with van der Waals surface area (Å²) in [6.07, 6.45) is 0.220. The Morgan fingerprint density at radius 2 is 2.30 bits per heavy atom. The second-order valence-corrected chi connectivity index (χ2v) is 2.58. The molecular formula is C7H9FO2. The Morgan fingerprint density at radius 1 is 1.60 bits per heavy atom. The van der Waals surface area contributed by atoms with E-state index in [-0.39, 0.29) is 18.6 Å². The molecule has 1 aliphatic carbocycles. The van der Waals surface area contributed by atoms with Gasteiger partial charge in [0.2, 0.25) is 0 Å². The summed E-state index contributed by atoms with van der Waals surface area (Å²) in [6, 6.07) is 0. The average Bonchev–Trinajstić information content (AvgIpc) is 1.94. The molecule has 0 saturated heterocycles. The molecule has 10 heavy (non-hydrogen) atoms. The van der Waals surface area contributed by atoms with Gasteiger partial charge in [0.1, 0.15) is 18.2 Å². The maximum atomic E-state index is 12.5. The largest absolute Gasteiger partial charge is 0.303 e. The van der Waals surface area contributed by atoms with E-state index in [9.17, 15) is 14.0 Å². The van der Waals surface area contributed by atoms with E-state index in [0.717, 1.165) is 0 Å². The van der Waals surface area contributed by atoms with Crippen LogP contribution in [0.25, 0.3) is 0 Å². The zero-order valence-electron chi connectivity index (χ0n) is 5.55. The topological polar surface area (TPSA) is 34.1 Å². The van der Waals surface area contributed by atoms with E-state index in [1.165, 1.54) is 0 Å². The lowest BCUT2D eigenvalue weighted by Gasteiger charge is -2.18. The van der Waals surface area contributed by atoms with Crippen LogP contribution in [-0.4, -0.2) is 18.2 Å². The van der Waals surface area contributed by atoms with Crippen LogP contribution in [0.5, 0.6) is 0 Å². The van der Waals surface area contributed by atoms with Crippen molar-refractivity contribution in [2.75, 3.05) is 0 Å². The van der Waals surface area contributed by atoms with E-state index in [0.29, 0.717) is 12.7 Å². The molecule has 1 saturated carbocycles. The Labute approximate surface area is 58.4 Å². The zero-order chi connectivity index (χ0) is 7.56. The van der Waals surface area contributed by atoms with Crippen LogP contribution in [0.3, 0.4) is 0 Å². The van der Waals surface area contributed by atoms with Crippen LogP contribution in [0, 0.1) is 5.92 Å². The van der Waals surface area contributed by atoms with E-state index in [1.807, 2.05) is 0 Å². The van der Waals surface area contributed by atoms with Crippen molar-refractivity contribution in [1.29, 1.82) is 0 Å². The number of hydrogen-bond acceptors (Lipinski definition) is 2. The lowest BCUT2D eigenvalue weighted by Crippen LogP contribution is -2.26. The fourth-order valence-electron chi connectivity index (χ4n) is 1.14. The third-order valence-corrected chi connectivity index (χ3v) is 1.79. The van der Waals surface area contributed by atoms with Gasteiger partial charge < -0.3 is 4.79 Å². The van der Waals surface area contributed by atoms with E-state index >= 15 is 0 Å². The highest BCUT2D eigenvalue weighted by Crippen LogP contribution is 2.21. The number of rotatable bonds is 1. The number of carbonyl (C=O) groups excluding carboxylic acids is 2. The van der Waals surface area contributed by atoms with Gasteiger partial charge in [-0.1, -0.05) is 0 Å². The highest BCUT2D eigenvalue weighted by atomic mass is 19.1. The number of alkyl halides is 1. The molecular weight excluding hydrogens is 135 g/mol. The fraction of sp³-hybridized carbons (Fsp3) is 0.714.